The van der Waals surface area contributed by atoms with Gasteiger partial charge in [-0.1, -0.05) is 12.1 Å². The molecule has 0 aromatic carbocycles. The lowest BCUT2D eigenvalue weighted by atomic mass is 10.2. The van der Waals surface area contributed by atoms with Crippen LogP contribution in [0.4, 0.5) is 5.82 Å². The predicted molar refractivity (Wildman–Crippen MR) is 109 cm³/mol. The monoisotopic (exact) mass is 395 g/mol. The SMILES string of the molecule is Cc1nc(-c2ccccn2)sc1C(=O)NCc1cccnc1N1CCOCC1. The lowest BCUT2D eigenvalue weighted by molar-refractivity contribution is 0.0954. The fraction of sp³-hybridized carbons (Fsp3) is 0.300. The van der Waals surface area contributed by atoms with Gasteiger partial charge in [0, 0.05) is 37.6 Å². The van der Waals surface area contributed by atoms with Gasteiger partial charge in [-0.25, -0.2) is 9.97 Å². The third kappa shape index (κ3) is 4.02. The molecule has 0 aliphatic carbocycles. The Morgan fingerprint density at radius 1 is 1.18 bits per heavy atom. The Morgan fingerprint density at radius 3 is 2.79 bits per heavy atom. The Morgan fingerprint density at radius 2 is 2.00 bits per heavy atom. The number of morpholine rings is 1. The molecule has 1 N–H and O–H groups in total. The molecule has 8 heteroatoms. The number of carbonyl (C=O) groups is 1. The number of thiazole rings is 1. The molecular weight excluding hydrogens is 374 g/mol. The third-order valence-corrected chi connectivity index (χ3v) is 5.68. The lowest BCUT2D eigenvalue weighted by Gasteiger charge is -2.29. The van der Waals surface area contributed by atoms with E-state index in [1.165, 1.54) is 11.3 Å². The lowest BCUT2D eigenvalue weighted by Crippen LogP contribution is -2.37. The second-order valence-electron chi connectivity index (χ2n) is 6.42. The van der Waals surface area contributed by atoms with Crippen LogP contribution in [0, 0.1) is 6.92 Å². The Hall–Kier alpha value is -2.84. The molecule has 0 radical (unpaired) electrons. The summed E-state index contributed by atoms with van der Waals surface area (Å²) in [7, 11) is 0. The molecule has 4 rings (SSSR count). The zero-order valence-corrected chi connectivity index (χ0v) is 16.4. The first-order valence-corrected chi connectivity index (χ1v) is 9.97. The highest BCUT2D eigenvalue weighted by Crippen LogP contribution is 2.26. The molecule has 1 fully saturated rings. The van der Waals surface area contributed by atoms with E-state index in [-0.39, 0.29) is 5.91 Å². The number of rotatable bonds is 5. The van der Waals surface area contributed by atoms with Crippen LogP contribution in [0.5, 0.6) is 0 Å². The number of aromatic nitrogens is 3. The molecule has 0 spiro atoms. The molecule has 1 aliphatic rings. The molecule has 0 saturated carbocycles. The number of hydrogen-bond donors (Lipinski definition) is 1. The first-order chi connectivity index (χ1) is 13.7. The standard InChI is InChI=1S/C20H21N5O2S/c1-14-17(28-20(24-14)16-6-2-3-7-21-16)19(26)23-13-15-5-4-8-22-18(15)25-9-11-27-12-10-25/h2-8H,9-13H2,1H3,(H,23,26). The molecular formula is C20H21N5O2S. The van der Waals surface area contributed by atoms with Gasteiger partial charge in [-0.2, -0.15) is 0 Å². The van der Waals surface area contributed by atoms with Gasteiger partial charge >= 0.3 is 0 Å². The van der Waals surface area contributed by atoms with Crippen LogP contribution in [-0.2, 0) is 11.3 Å². The minimum atomic E-state index is -0.131. The Balaban J connectivity index is 1.48. The molecule has 4 heterocycles. The highest BCUT2D eigenvalue weighted by Gasteiger charge is 2.19. The van der Waals surface area contributed by atoms with Crippen LogP contribution in [0.2, 0.25) is 0 Å². The van der Waals surface area contributed by atoms with E-state index in [1.54, 1.807) is 12.4 Å². The maximum atomic E-state index is 12.8. The van der Waals surface area contributed by atoms with Gasteiger partial charge in [0.1, 0.15) is 15.7 Å². The highest BCUT2D eigenvalue weighted by molar-refractivity contribution is 7.17. The summed E-state index contributed by atoms with van der Waals surface area (Å²) in [5, 5.41) is 3.76. The van der Waals surface area contributed by atoms with Crippen molar-refractivity contribution in [3.8, 4) is 10.7 Å². The van der Waals surface area contributed by atoms with Gasteiger partial charge in [0.15, 0.2) is 0 Å². The van der Waals surface area contributed by atoms with Crippen molar-refractivity contribution in [3.05, 3.63) is 58.9 Å². The van der Waals surface area contributed by atoms with Crippen LogP contribution in [0.3, 0.4) is 0 Å². The van der Waals surface area contributed by atoms with Gasteiger partial charge in [0.05, 0.1) is 24.6 Å². The number of pyridine rings is 2. The van der Waals surface area contributed by atoms with Crippen LogP contribution in [0.25, 0.3) is 10.7 Å². The number of anilines is 1. The summed E-state index contributed by atoms with van der Waals surface area (Å²) in [6, 6.07) is 9.55. The zero-order valence-electron chi connectivity index (χ0n) is 15.6. The van der Waals surface area contributed by atoms with E-state index in [9.17, 15) is 4.79 Å². The van der Waals surface area contributed by atoms with Crippen LogP contribution in [0.15, 0.2) is 42.7 Å². The average molecular weight is 395 g/mol. The average Bonchev–Trinajstić information content (AvgIpc) is 3.15. The maximum absolute atomic E-state index is 12.8. The van der Waals surface area contributed by atoms with E-state index in [2.05, 4.69) is 25.2 Å². The van der Waals surface area contributed by atoms with Crippen molar-refractivity contribution < 1.29 is 9.53 Å². The molecule has 0 unspecified atom stereocenters. The number of aryl methyl sites for hydroxylation is 1. The van der Waals surface area contributed by atoms with Gasteiger partial charge in [-0.3, -0.25) is 9.78 Å². The fourth-order valence-electron chi connectivity index (χ4n) is 3.09. The van der Waals surface area contributed by atoms with Crippen LogP contribution >= 0.6 is 11.3 Å². The first kappa shape index (κ1) is 18.5. The number of carbonyl (C=O) groups excluding carboxylic acids is 1. The molecule has 144 valence electrons. The Labute approximate surface area is 167 Å². The minimum absolute atomic E-state index is 0.131. The van der Waals surface area contributed by atoms with Gasteiger partial charge in [-0.15, -0.1) is 11.3 Å². The Bertz CT molecular complexity index is 954. The second-order valence-corrected chi connectivity index (χ2v) is 7.42. The summed E-state index contributed by atoms with van der Waals surface area (Å²) in [5.74, 6) is 0.773. The second kappa shape index (κ2) is 8.45. The quantitative estimate of drug-likeness (QED) is 0.715. The van der Waals surface area contributed by atoms with E-state index in [0.29, 0.717) is 30.3 Å². The normalized spacial score (nSPS) is 14.1. The van der Waals surface area contributed by atoms with E-state index < -0.39 is 0 Å². The predicted octanol–water partition coefficient (Wildman–Crippen LogP) is 2.68. The van der Waals surface area contributed by atoms with Crippen LogP contribution < -0.4 is 10.2 Å². The summed E-state index contributed by atoms with van der Waals surface area (Å²) < 4.78 is 5.42. The van der Waals surface area contributed by atoms with Crippen molar-refractivity contribution in [2.24, 2.45) is 0 Å². The fourth-order valence-corrected chi connectivity index (χ4v) is 4.05. The number of nitrogens with one attached hydrogen (secondary N) is 1. The van der Waals surface area contributed by atoms with Crippen molar-refractivity contribution in [2.45, 2.75) is 13.5 Å². The Kier molecular flexibility index (Phi) is 5.59. The van der Waals surface area contributed by atoms with Gasteiger partial charge in [-0.05, 0) is 25.1 Å². The summed E-state index contributed by atoms with van der Waals surface area (Å²) in [5.41, 5.74) is 2.48. The third-order valence-electron chi connectivity index (χ3n) is 4.50. The molecule has 28 heavy (non-hydrogen) atoms. The topological polar surface area (TPSA) is 80.2 Å². The molecule has 7 nitrogen and oxygen atoms in total. The summed E-state index contributed by atoms with van der Waals surface area (Å²) in [4.78, 5) is 28.9. The van der Waals surface area contributed by atoms with Crippen molar-refractivity contribution in [1.29, 1.82) is 0 Å². The van der Waals surface area contributed by atoms with Gasteiger partial charge < -0.3 is 15.0 Å². The molecule has 1 aliphatic heterocycles. The zero-order chi connectivity index (χ0) is 19.3. The molecule has 0 atom stereocenters. The molecule has 3 aromatic heterocycles. The number of ether oxygens (including phenoxy) is 1. The number of hydrogen-bond acceptors (Lipinski definition) is 7. The highest BCUT2D eigenvalue weighted by atomic mass is 32.1. The minimum Gasteiger partial charge on any atom is -0.378 e. The largest absolute Gasteiger partial charge is 0.378 e. The van der Waals surface area contributed by atoms with E-state index >= 15 is 0 Å². The van der Waals surface area contributed by atoms with Crippen LogP contribution in [-0.4, -0.2) is 47.2 Å². The van der Waals surface area contributed by atoms with E-state index in [4.69, 9.17) is 4.74 Å². The van der Waals surface area contributed by atoms with Crippen molar-refractivity contribution >= 4 is 23.1 Å². The first-order valence-electron chi connectivity index (χ1n) is 9.16. The van der Waals surface area contributed by atoms with E-state index in [0.717, 1.165) is 35.2 Å². The van der Waals surface area contributed by atoms with E-state index in [1.807, 2.05) is 37.3 Å². The van der Waals surface area contributed by atoms with Crippen LogP contribution in [0.1, 0.15) is 20.9 Å². The summed E-state index contributed by atoms with van der Waals surface area (Å²) in [6.07, 6.45) is 3.50. The molecule has 0 bridgehead atoms. The molecule has 3 aromatic rings. The smallest absolute Gasteiger partial charge is 0.263 e. The summed E-state index contributed by atoms with van der Waals surface area (Å²) >= 11 is 1.36. The van der Waals surface area contributed by atoms with Crippen molar-refractivity contribution in [2.75, 3.05) is 31.2 Å². The van der Waals surface area contributed by atoms with Crippen molar-refractivity contribution in [3.63, 3.8) is 0 Å². The maximum Gasteiger partial charge on any atom is 0.263 e. The molecule has 1 amide bonds. The summed E-state index contributed by atoms with van der Waals surface area (Å²) in [6.45, 7) is 5.26. The van der Waals surface area contributed by atoms with Gasteiger partial charge in [0.25, 0.3) is 5.91 Å². The molecule has 1 saturated heterocycles. The van der Waals surface area contributed by atoms with Gasteiger partial charge in [0.2, 0.25) is 0 Å². The number of amides is 1. The van der Waals surface area contributed by atoms with Crippen molar-refractivity contribution in [1.82, 2.24) is 20.3 Å². The number of nitrogens with zero attached hydrogens (tertiary/aromatic N) is 4.